The van der Waals surface area contributed by atoms with Crippen molar-refractivity contribution >= 4 is 27.3 Å². The normalized spacial score (nSPS) is 20.4. The minimum absolute atomic E-state index is 0.227. The van der Waals surface area contributed by atoms with E-state index in [1.165, 1.54) is 5.51 Å². The van der Waals surface area contributed by atoms with Crippen LogP contribution >= 0.6 is 11.3 Å². The van der Waals surface area contributed by atoms with Crippen LogP contribution < -0.4 is 4.72 Å². The number of likely N-dealkylation sites (tertiary alicyclic amines) is 1. The molecule has 1 aromatic rings. The van der Waals surface area contributed by atoms with Gasteiger partial charge < -0.3 is 10.0 Å². The van der Waals surface area contributed by atoms with Gasteiger partial charge in [-0.3, -0.25) is 0 Å². The number of hydrogen-bond acceptors (Lipinski definition) is 6. The monoisotopic (exact) mass is 319 g/mol. The first-order chi connectivity index (χ1) is 9.44. The molecule has 0 spiro atoms. The zero-order valence-electron chi connectivity index (χ0n) is 11.1. The fraction of sp³-hybridized carbons (Fsp3) is 0.636. The van der Waals surface area contributed by atoms with E-state index in [4.69, 9.17) is 5.11 Å². The second kappa shape index (κ2) is 6.17. The molecule has 1 atom stereocenters. The van der Waals surface area contributed by atoms with Gasteiger partial charge in [0.25, 0.3) is 10.0 Å². The van der Waals surface area contributed by atoms with Crippen LogP contribution in [0.1, 0.15) is 23.8 Å². The first-order valence-electron chi connectivity index (χ1n) is 6.33. The Kier molecular flexibility index (Phi) is 4.74. The number of rotatable bonds is 6. The van der Waals surface area contributed by atoms with Crippen molar-refractivity contribution in [3.05, 3.63) is 11.2 Å². The van der Waals surface area contributed by atoms with Gasteiger partial charge in [0, 0.05) is 13.1 Å². The van der Waals surface area contributed by atoms with Crippen LogP contribution in [-0.4, -0.2) is 55.6 Å². The van der Waals surface area contributed by atoms with Crippen molar-refractivity contribution < 1.29 is 18.3 Å². The van der Waals surface area contributed by atoms with E-state index in [9.17, 15) is 13.2 Å². The number of aromatic carboxylic acids is 1. The van der Waals surface area contributed by atoms with E-state index >= 15 is 0 Å². The lowest BCUT2D eigenvalue weighted by molar-refractivity contribution is 0.0687. The van der Waals surface area contributed by atoms with Crippen molar-refractivity contribution in [2.24, 2.45) is 5.92 Å². The van der Waals surface area contributed by atoms with Crippen LogP contribution in [0, 0.1) is 5.92 Å². The topological polar surface area (TPSA) is 99.6 Å². The van der Waals surface area contributed by atoms with Gasteiger partial charge in [-0.25, -0.2) is 22.9 Å². The molecule has 1 aliphatic heterocycles. The number of aromatic nitrogens is 1. The number of nitrogens with zero attached hydrogens (tertiary/aromatic N) is 2. The van der Waals surface area contributed by atoms with Crippen LogP contribution in [-0.2, 0) is 10.0 Å². The summed E-state index contributed by atoms with van der Waals surface area (Å²) < 4.78 is 26.5. The lowest BCUT2D eigenvalue weighted by Crippen LogP contribution is -2.31. The number of sulfonamides is 1. The molecule has 20 heavy (non-hydrogen) atoms. The van der Waals surface area contributed by atoms with Gasteiger partial charge in [-0.15, -0.1) is 11.3 Å². The van der Waals surface area contributed by atoms with Crippen LogP contribution in [0.25, 0.3) is 0 Å². The van der Waals surface area contributed by atoms with Gasteiger partial charge in [0.1, 0.15) is 0 Å². The molecule has 7 nitrogen and oxygen atoms in total. The summed E-state index contributed by atoms with van der Waals surface area (Å²) >= 11 is 0.820. The molecule has 1 saturated heterocycles. The Morgan fingerprint density at radius 3 is 3.00 bits per heavy atom. The molecule has 0 aliphatic carbocycles. The highest BCUT2D eigenvalue weighted by Gasteiger charge is 2.28. The van der Waals surface area contributed by atoms with Gasteiger partial charge in [-0.1, -0.05) is 6.92 Å². The molecule has 1 aromatic heterocycles. The summed E-state index contributed by atoms with van der Waals surface area (Å²) in [5.41, 5.74) is 0.816. The number of carboxylic acid groups (broad SMARTS) is 1. The maximum absolute atomic E-state index is 12.1. The van der Waals surface area contributed by atoms with E-state index in [1.54, 1.807) is 0 Å². The van der Waals surface area contributed by atoms with E-state index in [0.717, 1.165) is 37.4 Å². The molecule has 0 amide bonds. The van der Waals surface area contributed by atoms with Gasteiger partial charge in [0.15, 0.2) is 9.90 Å². The minimum atomic E-state index is -3.80. The maximum Gasteiger partial charge on any atom is 0.356 e. The van der Waals surface area contributed by atoms with Crippen LogP contribution in [0.4, 0.5) is 0 Å². The SMILES string of the molecule is CCN1CCC(CNS(=O)(=O)c2scnc2C(=O)O)C1. The number of carbonyl (C=O) groups is 1. The Balaban J connectivity index is 2.01. The third-order valence-electron chi connectivity index (χ3n) is 3.36. The van der Waals surface area contributed by atoms with Crippen molar-refractivity contribution in [2.75, 3.05) is 26.2 Å². The Hall–Kier alpha value is -1.03. The lowest BCUT2D eigenvalue weighted by Gasteiger charge is -2.13. The van der Waals surface area contributed by atoms with E-state index in [2.05, 4.69) is 21.5 Å². The molecule has 0 radical (unpaired) electrons. The van der Waals surface area contributed by atoms with Crippen molar-refractivity contribution in [1.29, 1.82) is 0 Å². The van der Waals surface area contributed by atoms with Gasteiger partial charge in [-0.05, 0) is 25.4 Å². The average molecular weight is 319 g/mol. The molecule has 112 valence electrons. The number of carboxylic acids is 1. The molecule has 9 heteroatoms. The zero-order chi connectivity index (χ0) is 14.8. The minimum Gasteiger partial charge on any atom is -0.476 e. The average Bonchev–Trinajstić information content (AvgIpc) is 3.05. The highest BCUT2D eigenvalue weighted by atomic mass is 32.2. The molecule has 2 heterocycles. The van der Waals surface area contributed by atoms with Crippen LogP contribution in [0.3, 0.4) is 0 Å². The number of thiazole rings is 1. The molecular weight excluding hydrogens is 302 g/mol. The Bertz CT molecular complexity index is 584. The van der Waals surface area contributed by atoms with Crippen molar-refractivity contribution in [3.8, 4) is 0 Å². The quantitative estimate of drug-likeness (QED) is 0.790. The maximum atomic E-state index is 12.1. The zero-order valence-corrected chi connectivity index (χ0v) is 12.7. The largest absolute Gasteiger partial charge is 0.476 e. The number of hydrogen-bond donors (Lipinski definition) is 2. The van der Waals surface area contributed by atoms with Crippen molar-refractivity contribution in [1.82, 2.24) is 14.6 Å². The van der Waals surface area contributed by atoms with Crippen molar-refractivity contribution in [2.45, 2.75) is 17.6 Å². The summed E-state index contributed by atoms with van der Waals surface area (Å²) in [5.74, 6) is -1.06. The first-order valence-corrected chi connectivity index (χ1v) is 8.69. The molecule has 2 N–H and O–H groups in total. The summed E-state index contributed by atoms with van der Waals surface area (Å²) in [4.78, 5) is 16.8. The Labute approximate surface area is 121 Å². The molecule has 0 saturated carbocycles. The van der Waals surface area contributed by atoms with E-state index in [0.29, 0.717) is 6.54 Å². The van der Waals surface area contributed by atoms with Crippen molar-refractivity contribution in [3.63, 3.8) is 0 Å². The van der Waals surface area contributed by atoms with Gasteiger partial charge in [0.05, 0.1) is 5.51 Å². The Morgan fingerprint density at radius 1 is 1.65 bits per heavy atom. The van der Waals surface area contributed by atoms with E-state index in [1.807, 2.05) is 0 Å². The third-order valence-corrected chi connectivity index (χ3v) is 6.15. The molecule has 1 aliphatic rings. The number of nitrogens with one attached hydrogen (secondary N) is 1. The summed E-state index contributed by atoms with van der Waals surface area (Å²) in [5, 5.41) is 8.91. The summed E-state index contributed by atoms with van der Waals surface area (Å²) in [7, 11) is -3.80. The van der Waals surface area contributed by atoms with Crippen LogP contribution in [0.2, 0.25) is 0 Å². The summed E-state index contributed by atoms with van der Waals surface area (Å²) in [6.07, 6.45) is 0.949. The second-order valence-corrected chi connectivity index (χ2v) is 7.51. The fourth-order valence-electron chi connectivity index (χ4n) is 2.23. The van der Waals surface area contributed by atoms with Gasteiger partial charge in [0.2, 0.25) is 0 Å². The van der Waals surface area contributed by atoms with E-state index in [-0.39, 0.29) is 10.1 Å². The smallest absolute Gasteiger partial charge is 0.356 e. The fourth-order valence-corrected chi connectivity index (χ4v) is 4.53. The third kappa shape index (κ3) is 3.35. The summed E-state index contributed by atoms with van der Waals surface area (Å²) in [6, 6.07) is 0. The highest BCUT2D eigenvalue weighted by Crippen LogP contribution is 2.21. The first kappa shape index (κ1) is 15.4. The van der Waals surface area contributed by atoms with Gasteiger partial charge >= 0.3 is 5.97 Å². The lowest BCUT2D eigenvalue weighted by atomic mass is 10.1. The standard InChI is InChI=1S/C11H17N3O4S2/c1-2-14-4-3-8(6-14)5-13-20(17,18)11-9(10(15)16)12-7-19-11/h7-8,13H,2-6H2,1H3,(H,15,16). The van der Waals surface area contributed by atoms with Gasteiger partial charge in [-0.2, -0.15) is 0 Å². The predicted molar refractivity (Wildman–Crippen MR) is 74.5 cm³/mol. The summed E-state index contributed by atoms with van der Waals surface area (Å²) in [6.45, 7) is 5.21. The molecule has 2 rings (SSSR count). The highest BCUT2D eigenvalue weighted by molar-refractivity contribution is 7.91. The second-order valence-electron chi connectivity index (χ2n) is 4.69. The van der Waals surface area contributed by atoms with Crippen LogP contribution in [0.5, 0.6) is 0 Å². The molecule has 1 unspecified atom stereocenters. The predicted octanol–water partition coefficient (Wildman–Crippen LogP) is 0.461. The molecular formula is C11H17N3O4S2. The molecule has 0 aromatic carbocycles. The van der Waals surface area contributed by atoms with Crippen LogP contribution in [0.15, 0.2) is 9.72 Å². The Morgan fingerprint density at radius 2 is 2.40 bits per heavy atom. The molecule has 1 fully saturated rings. The van der Waals surface area contributed by atoms with E-state index < -0.39 is 21.7 Å². The molecule has 0 bridgehead atoms.